The number of nitrogens with zero attached hydrogens (tertiary/aromatic N) is 2. The van der Waals surface area contributed by atoms with Gasteiger partial charge in [0.2, 0.25) is 5.91 Å². The molecular weight excluding hydrogens is 306 g/mol. The second-order valence-corrected chi connectivity index (χ2v) is 6.54. The Labute approximate surface area is 138 Å². The summed E-state index contributed by atoms with van der Waals surface area (Å²) < 4.78 is 0. The Kier molecular flexibility index (Phi) is 3.42. The third-order valence-electron chi connectivity index (χ3n) is 4.19. The standard InChI is InChI=1S/C18H15N3OS/c22-16(18(8-9-18)14-6-2-1-3-7-14)21-17-20-15(12-23-17)13-5-4-10-19-11-13/h1-7,10-12H,8-9H2,(H,20,21,22). The zero-order valence-corrected chi connectivity index (χ0v) is 13.2. The van der Waals surface area contributed by atoms with E-state index in [1.807, 2.05) is 47.8 Å². The highest BCUT2D eigenvalue weighted by atomic mass is 32.1. The summed E-state index contributed by atoms with van der Waals surface area (Å²) in [6.07, 6.45) is 5.29. The Morgan fingerprint density at radius 2 is 1.96 bits per heavy atom. The van der Waals surface area contributed by atoms with Gasteiger partial charge in [0.25, 0.3) is 0 Å². The molecule has 0 radical (unpaired) electrons. The first kappa shape index (κ1) is 14.1. The van der Waals surface area contributed by atoms with Gasteiger partial charge in [-0.2, -0.15) is 0 Å². The predicted octanol–water partition coefficient (Wildman–Crippen LogP) is 3.88. The smallest absolute Gasteiger partial charge is 0.236 e. The highest BCUT2D eigenvalue weighted by molar-refractivity contribution is 7.14. The molecule has 5 heteroatoms. The van der Waals surface area contributed by atoms with Crippen LogP contribution in [0.1, 0.15) is 18.4 Å². The van der Waals surface area contributed by atoms with Gasteiger partial charge >= 0.3 is 0 Å². The van der Waals surface area contributed by atoms with Gasteiger partial charge < -0.3 is 5.32 Å². The molecule has 1 aliphatic rings. The fourth-order valence-corrected chi connectivity index (χ4v) is 3.44. The van der Waals surface area contributed by atoms with Crippen LogP contribution < -0.4 is 5.32 Å². The van der Waals surface area contributed by atoms with Crippen LogP contribution in [0.2, 0.25) is 0 Å². The SMILES string of the molecule is O=C(Nc1nc(-c2cccnc2)cs1)C1(c2ccccc2)CC1. The third kappa shape index (κ3) is 2.64. The first-order valence-corrected chi connectivity index (χ1v) is 8.39. The summed E-state index contributed by atoms with van der Waals surface area (Å²) in [5.74, 6) is 0.0378. The Morgan fingerprint density at radius 3 is 2.65 bits per heavy atom. The number of rotatable bonds is 4. The summed E-state index contributed by atoms with van der Waals surface area (Å²) in [5.41, 5.74) is 2.50. The summed E-state index contributed by atoms with van der Waals surface area (Å²) in [5, 5.41) is 5.56. The maximum absolute atomic E-state index is 12.7. The molecule has 0 atom stereocenters. The molecule has 1 saturated carbocycles. The molecule has 2 heterocycles. The molecule has 0 bridgehead atoms. The average molecular weight is 321 g/mol. The highest BCUT2D eigenvalue weighted by Gasteiger charge is 2.51. The molecule has 0 spiro atoms. The van der Waals surface area contributed by atoms with Gasteiger partial charge in [-0.3, -0.25) is 9.78 Å². The molecule has 114 valence electrons. The second kappa shape index (κ2) is 5.59. The fraction of sp³-hybridized carbons (Fsp3) is 0.167. The quantitative estimate of drug-likeness (QED) is 0.793. The van der Waals surface area contributed by atoms with Crippen LogP contribution in [-0.2, 0) is 10.2 Å². The number of anilines is 1. The summed E-state index contributed by atoms with van der Waals surface area (Å²) in [6, 6.07) is 13.8. The van der Waals surface area contributed by atoms with Crippen molar-refractivity contribution in [2.45, 2.75) is 18.3 Å². The van der Waals surface area contributed by atoms with Gasteiger partial charge in [-0.05, 0) is 30.5 Å². The van der Waals surface area contributed by atoms with Crippen LogP contribution in [0.5, 0.6) is 0 Å². The minimum Gasteiger partial charge on any atom is -0.301 e. The lowest BCUT2D eigenvalue weighted by atomic mass is 9.95. The summed E-state index contributed by atoms with van der Waals surface area (Å²) >= 11 is 1.44. The zero-order valence-electron chi connectivity index (χ0n) is 12.4. The minimum atomic E-state index is -0.374. The lowest BCUT2D eigenvalue weighted by Gasteiger charge is -2.14. The molecule has 23 heavy (non-hydrogen) atoms. The van der Waals surface area contributed by atoms with Crippen LogP contribution in [0.25, 0.3) is 11.3 Å². The van der Waals surface area contributed by atoms with Crippen LogP contribution in [0, 0.1) is 0 Å². The molecule has 4 nitrogen and oxygen atoms in total. The predicted molar refractivity (Wildman–Crippen MR) is 91.3 cm³/mol. The fourth-order valence-electron chi connectivity index (χ4n) is 2.72. The van der Waals surface area contributed by atoms with E-state index in [2.05, 4.69) is 15.3 Å². The zero-order chi connectivity index (χ0) is 15.7. The van der Waals surface area contributed by atoms with Crippen molar-refractivity contribution in [2.75, 3.05) is 5.32 Å². The topological polar surface area (TPSA) is 54.9 Å². The molecule has 4 rings (SSSR count). The Hall–Kier alpha value is -2.53. The molecule has 3 aromatic rings. The van der Waals surface area contributed by atoms with Crippen LogP contribution in [-0.4, -0.2) is 15.9 Å². The van der Waals surface area contributed by atoms with E-state index in [-0.39, 0.29) is 11.3 Å². The third-order valence-corrected chi connectivity index (χ3v) is 4.95. The highest BCUT2D eigenvalue weighted by Crippen LogP contribution is 2.49. The minimum absolute atomic E-state index is 0.0378. The number of hydrogen-bond donors (Lipinski definition) is 1. The maximum atomic E-state index is 12.7. The molecular formula is C18H15N3OS. The summed E-state index contributed by atoms with van der Waals surface area (Å²) in [7, 11) is 0. The maximum Gasteiger partial charge on any atom is 0.236 e. The molecule has 1 N–H and O–H groups in total. The van der Waals surface area contributed by atoms with Crippen LogP contribution >= 0.6 is 11.3 Å². The second-order valence-electron chi connectivity index (χ2n) is 5.68. The molecule has 1 fully saturated rings. The van der Waals surface area contributed by atoms with Crippen molar-refractivity contribution < 1.29 is 4.79 Å². The van der Waals surface area contributed by atoms with Crippen molar-refractivity contribution in [1.82, 2.24) is 9.97 Å². The number of nitrogens with one attached hydrogen (secondary N) is 1. The number of thiazole rings is 1. The number of aromatic nitrogens is 2. The van der Waals surface area contributed by atoms with Gasteiger partial charge in [0.15, 0.2) is 5.13 Å². The number of amides is 1. The van der Waals surface area contributed by atoms with Gasteiger partial charge in [-0.1, -0.05) is 30.3 Å². The van der Waals surface area contributed by atoms with E-state index in [1.54, 1.807) is 12.4 Å². The van der Waals surface area contributed by atoms with Crippen LogP contribution in [0.3, 0.4) is 0 Å². The average Bonchev–Trinajstić information content (AvgIpc) is 3.30. The van der Waals surface area contributed by atoms with E-state index >= 15 is 0 Å². The summed E-state index contributed by atoms with van der Waals surface area (Å²) in [4.78, 5) is 21.3. The van der Waals surface area contributed by atoms with E-state index in [1.165, 1.54) is 11.3 Å². The van der Waals surface area contributed by atoms with E-state index in [9.17, 15) is 4.79 Å². The molecule has 0 saturated heterocycles. The molecule has 1 amide bonds. The first-order valence-electron chi connectivity index (χ1n) is 7.51. The van der Waals surface area contributed by atoms with E-state index < -0.39 is 0 Å². The molecule has 1 aliphatic carbocycles. The normalized spacial score (nSPS) is 15.1. The van der Waals surface area contributed by atoms with E-state index in [4.69, 9.17) is 0 Å². The van der Waals surface area contributed by atoms with Gasteiger partial charge in [-0.15, -0.1) is 11.3 Å². The van der Waals surface area contributed by atoms with E-state index in [0.717, 1.165) is 29.7 Å². The summed E-state index contributed by atoms with van der Waals surface area (Å²) in [6.45, 7) is 0. The van der Waals surface area contributed by atoms with Gasteiger partial charge in [0.1, 0.15) is 0 Å². The number of carbonyl (C=O) groups excluding carboxylic acids is 1. The monoisotopic (exact) mass is 321 g/mol. The number of benzene rings is 1. The van der Waals surface area contributed by atoms with Crippen LogP contribution in [0.4, 0.5) is 5.13 Å². The lowest BCUT2D eigenvalue weighted by Crippen LogP contribution is -2.27. The Bertz CT molecular complexity index is 826. The first-order chi connectivity index (χ1) is 11.3. The molecule has 2 aromatic heterocycles. The molecule has 0 unspecified atom stereocenters. The Balaban J connectivity index is 1.53. The molecule has 0 aliphatic heterocycles. The number of hydrogen-bond acceptors (Lipinski definition) is 4. The van der Waals surface area contributed by atoms with Gasteiger partial charge in [-0.25, -0.2) is 4.98 Å². The molecule has 1 aromatic carbocycles. The van der Waals surface area contributed by atoms with Crippen molar-refractivity contribution in [1.29, 1.82) is 0 Å². The van der Waals surface area contributed by atoms with E-state index in [0.29, 0.717) is 5.13 Å². The van der Waals surface area contributed by atoms with Crippen molar-refractivity contribution in [2.24, 2.45) is 0 Å². The number of pyridine rings is 1. The lowest BCUT2D eigenvalue weighted by molar-refractivity contribution is -0.118. The number of carbonyl (C=O) groups is 1. The largest absolute Gasteiger partial charge is 0.301 e. The van der Waals surface area contributed by atoms with Crippen molar-refractivity contribution in [3.8, 4) is 11.3 Å². The van der Waals surface area contributed by atoms with Crippen LogP contribution in [0.15, 0.2) is 60.2 Å². The van der Waals surface area contributed by atoms with Crippen molar-refractivity contribution >= 4 is 22.4 Å². The van der Waals surface area contributed by atoms with Crippen molar-refractivity contribution in [3.63, 3.8) is 0 Å². The van der Waals surface area contributed by atoms with Crippen molar-refractivity contribution in [3.05, 3.63) is 65.8 Å². The van der Waals surface area contributed by atoms with Gasteiger partial charge in [0.05, 0.1) is 11.1 Å². The Morgan fingerprint density at radius 1 is 1.13 bits per heavy atom. The van der Waals surface area contributed by atoms with Gasteiger partial charge in [0, 0.05) is 23.3 Å².